The molecule has 8 aromatic carbocycles. The Morgan fingerprint density at radius 1 is 0.491 bits per heavy atom. The number of para-hydroxylation sites is 1. The summed E-state index contributed by atoms with van der Waals surface area (Å²) < 4.78 is 6.21. The van der Waals surface area contributed by atoms with E-state index in [1.807, 2.05) is 6.08 Å². The largest absolute Gasteiger partial charge is 0.456 e. The van der Waals surface area contributed by atoms with Gasteiger partial charge >= 0.3 is 0 Å². The van der Waals surface area contributed by atoms with Gasteiger partial charge in [0.15, 0.2) is 0 Å². The number of fused-ring (bicyclic) bond motifs is 15. The molecule has 0 saturated carbocycles. The molecule has 9 aromatic rings. The van der Waals surface area contributed by atoms with Crippen LogP contribution in [0, 0.1) is 0 Å². The minimum absolute atomic E-state index is 0.525. The number of benzene rings is 8. The fourth-order valence-electron chi connectivity index (χ4n) is 9.57. The lowest BCUT2D eigenvalue weighted by atomic mass is 9.69. The van der Waals surface area contributed by atoms with Crippen LogP contribution in [0.15, 0.2) is 181 Å². The molecule has 11 rings (SSSR count). The molecule has 0 atom stereocenters. The van der Waals surface area contributed by atoms with Gasteiger partial charge in [0.1, 0.15) is 11.3 Å². The molecular weight excluding hydrogens is 643 g/mol. The molecule has 248 valence electrons. The van der Waals surface area contributed by atoms with Gasteiger partial charge in [0.2, 0.25) is 0 Å². The maximum Gasteiger partial charge on any atom is 0.135 e. The second-order valence-corrected chi connectivity index (χ2v) is 14.1. The predicted octanol–water partition coefficient (Wildman–Crippen LogP) is 13.8. The smallest absolute Gasteiger partial charge is 0.135 e. The van der Waals surface area contributed by atoms with Gasteiger partial charge in [-0.25, -0.2) is 0 Å². The number of hydrogen-bond acceptors (Lipinski definition) is 2. The Bertz CT molecular complexity index is 2950. The molecule has 2 nitrogen and oxygen atoms in total. The molecule has 1 heterocycles. The third kappa shape index (κ3) is 3.87. The topological polar surface area (TPSA) is 16.4 Å². The van der Waals surface area contributed by atoms with Crippen LogP contribution in [0.2, 0.25) is 0 Å². The highest BCUT2D eigenvalue weighted by molar-refractivity contribution is 6.15. The van der Waals surface area contributed by atoms with E-state index in [0.29, 0.717) is 0 Å². The van der Waals surface area contributed by atoms with E-state index in [0.717, 1.165) is 39.4 Å². The first kappa shape index (κ1) is 29.8. The first-order valence-electron chi connectivity index (χ1n) is 18.2. The van der Waals surface area contributed by atoms with Crippen molar-refractivity contribution in [2.75, 3.05) is 4.90 Å². The molecule has 1 aromatic heterocycles. The van der Waals surface area contributed by atoms with Gasteiger partial charge in [-0.2, -0.15) is 0 Å². The molecule has 0 unspecified atom stereocenters. The van der Waals surface area contributed by atoms with Crippen LogP contribution in [-0.4, -0.2) is 0 Å². The number of nitrogens with zero attached hydrogens (tertiary/aromatic N) is 1. The van der Waals surface area contributed by atoms with Crippen LogP contribution in [0.4, 0.5) is 17.1 Å². The summed E-state index contributed by atoms with van der Waals surface area (Å²) in [4.78, 5) is 2.41. The first-order valence-corrected chi connectivity index (χ1v) is 18.2. The van der Waals surface area contributed by atoms with Gasteiger partial charge in [-0.05, 0) is 103 Å². The summed E-state index contributed by atoms with van der Waals surface area (Å²) in [5.41, 5.74) is 15.0. The molecule has 53 heavy (non-hydrogen) atoms. The van der Waals surface area contributed by atoms with E-state index < -0.39 is 5.41 Å². The lowest BCUT2D eigenvalue weighted by molar-refractivity contribution is 0.603. The summed E-state index contributed by atoms with van der Waals surface area (Å²) in [5, 5.41) is 5.97. The van der Waals surface area contributed by atoms with Crippen LogP contribution in [0.3, 0.4) is 0 Å². The lowest BCUT2D eigenvalue weighted by Crippen LogP contribution is -2.26. The SMILES string of the molecule is C=Cc1oc2ccc(N(c3ccccc3)c3cc4c(c5ccccc35)-c3ccc5ccccc5c3C43c4ccccc4-c4ccccc43)cc2c1C=C. The molecule has 0 amide bonds. The number of rotatable bonds is 5. The Labute approximate surface area is 308 Å². The Morgan fingerprint density at radius 3 is 1.89 bits per heavy atom. The third-order valence-corrected chi connectivity index (χ3v) is 11.6. The van der Waals surface area contributed by atoms with Gasteiger partial charge in [-0.1, -0.05) is 147 Å². The number of furan rings is 1. The molecule has 2 heteroatoms. The standard InChI is InChI=1S/C51H33NO/c1-3-35-42-30-34(27-29-48(42)53-47(35)4-2)52(33-17-6-5-7-18-33)46-31-45-49(40-23-11-10-22-39(40)46)41-28-26-32-16-8-9-19-36(32)50(41)51(45)43-24-14-12-20-37(43)38-21-13-15-25-44(38)51/h3-31H,1-2H2. The van der Waals surface area contributed by atoms with Gasteiger partial charge in [0, 0.05) is 27.7 Å². The predicted molar refractivity (Wildman–Crippen MR) is 222 cm³/mol. The molecule has 0 fully saturated rings. The highest BCUT2D eigenvalue weighted by Crippen LogP contribution is 2.66. The molecule has 0 aliphatic heterocycles. The fourth-order valence-corrected chi connectivity index (χ4v) is 9.57. The number of hydrogen-bond donors (Lipinski definition) is 0. The Balaban J connectivity index is 1.31. The van der Waals surface area contributed by atoms with Crippen LogP contribution < -0.4 is 4.90 Å². The van der Waals surface area contributed by atoms with E-state index in [-0.39, 0.29) is 0 Å². The summed E-state index contributed by atoms with van der Waals surface area (Å²) in [7, 11) is 0. The molecular formula is C51H33NO. The summed E-state index contributed by atoms with van der Waals surface area (Å²) in [6.07, 6.45) is 3.63. The summed E-state index contributed by atoms with van der Waals surface area (Å²) in [6.45, 7) is 8.14. The van der Waals surface area contributed by atoms with Gasteiger partial charge in [0.25, 0.3) is 0 Å². The zero-order chi connectivity index (χ0) is 35.3. The van der Waals surface area contributed by atoms with Gasteiger partial charge in [-0.15, -0.1) is 0 Å². The van der Waals surface area contributed by atoms with E-state index in [4.69, 9.17) is 4.42 Å². The minimum atomic E-state index is -0.525. The second kappa shape index (κ2) is 11.0. The van der Waals surface area contributed by atoms with E-state index in [2.05, 4.69) is 182 Å². The zero-order valence-corrected chi connectivity index (χ0v) is 29.0. The van der Waals surface area contributed by atoms with Crippen molar-refractivity contribution in [2.45, 2.75) is 5.41 Å². The lowest BCUT2D eigenvalue weighted by Gasteiger charge is -2.33. The summed E-state index contributed by atoms with van der Waals surface area (Å²) in [5.74, 6) is 0.729. The second-order valence-electron chi connectivity index (χ2n) is 14.1. The maximum atomic E-state index is 6.21. The molecule has 0 N–H and O–H groups in total. The van der Waals surface area contributed by atoms with Crippen LogP contribution in [0.25, 0.3) is 66.9 Å². The van der Waals surface area contributed by atoms with Crippen molar-refractivity contribution in [2.24, 2.45) is 0 Å². The van der Waals surface area contributed by atoms with Crippen molar-refractivity contribution in [3.05, 3.63) is 211 Å². The summed E-state index contributed by atoms with van der Waals surface area (Å²) in [6, 6.07) is 60.3. The zero-order valence-electron chi connectivity index (χ0n) is 29.0. The van der Waals surface area contributed by atoms with Crippen molar-refractivity contribution >= 4 is 61.7 Å². The van der Waals surface area contributed by atoms with Crippen LogP contribution in [-0.2, 0) is 5.41 Å². The van der Waals surface area contributed by atoms with Crippen molar-refractivity contribution in [1.82, 2.24) is 0 Å². The van der Waals surface area contributed by atoms with Crippen LogP contribution in [0.1, 0.15) is 33.6 Å². The highest BCUT2D eigenvalue weighted by Gasteiger charge is 2.53. The van der Waals surface area contributed by atoms with Gasteiger partial charge in [-0.3, -0.25) is 0 Å². The van der Waals surface area contributed by atoms with Crippen molar-refractivity contribution in [3.63, 3.8) is 0 Å². The van der Waals surface area contributed by atoms with Gasteiger partial charge in [0.05, 0.1) is 11.1 Å². The van der Waals surface area contributed by atoms with E-state index in [1.165, 1.54) is 66.1 Å². The third-order valence-electron chi connectivity index (χ3n) is 11.6. The Morgan fingerprint density at radius 2 is 1.15 bits per heavy atom. The van der Waals surface area contributed by atoms with E-state index >= 15 is 0 Å². The highest BCUT2D eigenvalue weighted by atomic mass is 16.3. The average molecular weight is 676 g/mol. The molecule has 0 bridgehead atoms. The van der Waals surface area contributed by atoms with Crippen molar-refractivity contribution in [1.29, 1.82) is 0 Å². The van der Waals surface area contributed by atoms with Crippen LogP contribution in [0.5, 0.6) is 0 Å². The number of anilines is 3. The summed E-state index contributed by atoms with van der Waals surface area (Å²) >= 11 is 0. The minimum Gasteiger partial charge on any atom is -0.456 e. The normalized spacial score (nSPS) is 13.2. The molecule has 0 saturated heterocycles. The van der Waals surface area contributed by atoms with Crippen LogP contribution >= 0.6 is 0 Å². The quantitative estimate of drug-likeness (QED) is 0.181. The van der Waals surface area contributed by atoms with E-state index in [1.54, 1.807) is 6.08 Å². The van der Waals surface area contributed by atoms with Gasteiger partial charge < -0.3 is 9.32 Å². The Kier molecular flexibility index (Phi) is 6.21. The monoisotopic (exact) mass is 675 g/mol. The maximum absolute atomic E-state index is 6.21. The van der Waals surface area contributed by atoms with E-state index in [9.17, 15) is 0 Å². The Hall–Kier alpha value is -6.90. The molecule has 2 aliphatic rings. The molecule has 1 spiro atoms. The fraction of sp³-hybridized carbons (Fsp3) is 0.0196. The average Bonchev–Trinajstić information content (AvgIpc) is 3.85. The van der Waals surface area contributed by atoms with Crippen molar-refractivity contribution in [3.8, 4) is 22.3 Å². The first-order chi connectivity index (χ1) is 26.2. The molecule has 2 aliphatic carbocycles. The molecule has 0 radical (unpaired) electrons. The van der Waals surface area contributed by atoms with Crippen molar-refractivity contribution < 1.29 is 4.42 Å².